The fourth-order valence-corrected chi connectivity index (χ4v) is 3.10. The van der Waals surface area contributed by atoms with E-state index in [1.165, 1.54) is 0 Å². The van der Waals surface area contributed by atoms with Gasteiger partial charge < -0.3 is 15.0 Å². The van der Waals surface area contributed by atoms with Gasteiger partial charge in [-0.1, -0.05) is 11.6 Å². The Bertz CT molecular complexity index is 686. The van der Waals surface area contributed by atoms with Crippen molar-refractivity contribution in [2.45, 2.75) is 18.9 Å². The molecule has 0 unspecified atom stereocenters. The Labute approximate surface area is 147 Å². The van der Waals surface area contributed by atoms with E-state index in [-0.39, 0.29) is 11.9 Å². The van der Waals surface area contributed by atoms with Gasteiger partial charge in [-0.3, -0.25) is 4.79 Å². The SMILES string of the molecule is COc1ccc(N[C@@H]2CCCN(C(=O)c3ccc(Cl)cc3)C2)cc1. The topological polar surface area (TPSA) is 41.6 Å². The molecule has 1 N–H and O–H groups in total. The molecule has 2 aromatic rings. The zero-order valence-corrected chi connectivity index (χ0v) is 14.4. The Kier molecular flexibility index (Phi) is 5.26. The molecule has 1 aliphatic heterocycles. The van der Waals surface area contributed by atoms with Crippen LogP contribution in [0.5, 0.6) is 5.75 Å². The van der Waals surface area contributed by atoms with E-state index < -0.39 is 0 Å². The fraction of sp³-hybridized carbons (Fsp3) is 0.316. The molecule has 0 saturated carbocycles. The minimum Gasteiger partial charge on any atom is -0.497 e. The van der Waals surface area contributed by atoms with E-state index in [2.05, 4.69) is 5.32 Å². The highest BCUT2D eigenvalue weighted by molar-refractivity contribution is 6.30. The van der Waals surface area contributed by atoms with Crippen LogP contribution in [0, 0.1) is 0 Å². The van der Waals surface area contributed by atoms with Crippen LogP contribution in [0.1, 0.15) is 23.2 Å². The molecule has 0 bridgehead atoms. The standard InChI is InChI=1S/C19H21ClN2O2/c1-24-18-10-8-16(9-11-18)21-17-3-2-12-22(13-17)19(23)14-4-6-15(20)7-5-14/h4-11,17,21H,2-3,12-13H2,1H3/t17-/m1/s1. The van der Waals surface area contributed by atoms with Crippen molar-refractivity contribution < 1.29 is 9.53 Å². The molecule has 3 rings (SSSR count). The maximum absolute atomic E-state index is 12.6. The zero-order chi connectivity index (χ0) is 16.9. The van der Waals surface area contributed by atoms with Crippen molar-refractivity contribution in [2.24, 2.45) is 0 Å². The van der Waals surface area contributed by atoms with Gasteiger partial charge in [0.05, 0.1) is 7.11 Å². The Morgan fingerprint density at radius 3 is 2.54 bits per heavy atom. The molecule has 0 radical (unpaired) electrons. The number of ether oxygens (including phenoxy) is 1. The first kappa shape index (κ1) is 16.7. The van der Waals surface area contributed by atoms with Crippen molar-refractivity contribution in [3.8, 4) is 5.75 Å². The number of nitrogens with one attached hydrogen (secondary N) is 1. The van der Waals surface area contributed by atoms with E-state index in [1.807, 2.05) is 29.2 Å². The monoisotopic (exact) mass is 344 g/mol. The average Bonchev–Trinajstić information content (AvgIpc) is 2.63. The van der Waals surface area contributed by atoms with Crippen LogP contribution in [0.2, 0.25) is 5.02 Å². The maximum Gasteiger partial charge on any atom is 0.253 e. The van der Waals surface area contributed by atoms with Crippen LogP contribution in [0.25, 0.3) is 0 Å². The van der Waals surface area contributed by atoms with Crippen LogP contribution >= 0.6 is 11.6 Å². The van der Waals surface area contributed by atoms with Crippen LogP contribution in [0.3, 0.4) is 0 Å². The van der Waals surface area contributed by atoms with Gasteiger partial charge in [0.1, 0.15) is 5.75 Å². The maximum atomic E-state index is 12.6. The number of hydrogen-bond acceptors (Lipinski definition) is 3. The van der Waals surface area contributed by atoms with Crippen molar-refractivity contribution in [1.82, 2.24) is 4.90 Å². The second-order valence-electron chi connectivity index (χ2n) is 5.97. The van der Waals surface area contributed by atoms with Gasteiger partial charge in [-0.05, 0) is 61.4 Å². The predicted octanol–water partition coefficient (Wildman–Crippen LogP) is 4.07. The minimum absolute atomic E-state index is 0.0629. The highest BCUT2D eigenvalue weighted by Gasteiger charge is 2.24. The summed E-state index contributed by atoms with van der Waals surface area (Å²) in [6, 6.07) is 15.2. The molecule has 1 heterocycles. The molecule has 126 valence electrons. The molecule has 5 heteroatoms. The number of hydrogen-bond donors (Lipinski definition) is 1. The summed E-state index contributed by atoms with van der Waals surface area (Å²) in [6.45, 7) is 1.50. The van der Waals surface area contributed by atoms with Gasteiger partial charge in [-0.2, -0.15) is 0 Å². The molecule has 0 aliphatic carbocycles. The quantitative estimate of drug-likeness (QED) is 0.909. The molecule has 0 aromatic heterocycles. The van der Waals surface area contributed by atoms with Gasteiger partial charge in [0, 0.05) is 35.4 Å². The van der Waals surface area contributed by atoms with Gasteiger partial charge >= 0.3 is 0 Å². The molecule has 1 atom stereocenters. The number of rotatable bonds is 4. The third-order valence-corrected chi connectivity index (χ3v) is 4.51. The van der Waals surface area contributed by atoms with Crippen molar-refractivity contribution in [3.63, 3.8) is 0 Å². The van der Waals surface area contributed by atoms with Gasteiger partial charge in [-0.25, -0.2) is 0 Å². The summed E-state index contributed by atoms with van der Waals surface area (Å²) in [6.07, 6.45) is 2.05. The molecule has 1 fully saturated rings. The lowest BCUT2D eigenvalue weighted by Crippen LogP contribution is -2.45. The van der Waals surface area contributed by atoms with E-state index in [0.29, 0.717) is 17.1 Å². The normalized spacial score (nSPS) is 17.4. The summed E-state index contributed by atoms with van der Waals surface area (Å²) < 4.78 is 5.17. The highest BCUT2D eigenvalue weighted by atomic mass is 35.5. The van der Waals surface area contributed by atoms with Gasteiger partial charge in [0.2, 0.25) is 0 Å². The summed E-state index contributed by atoms with van der Waals surface area (Å²) in [5.41, 5.74) is 1.73. The fourth-order valence-electron chi connectivity index (χ4n) is 2.98. The van der Waals surface area contributed by atoms with E-state index in [0.717, 1.165) is 30.8 Å². The number of amides is 1. The second-order valence-corrected chi connectivity index (χ2v) is 6.41. The first-order valence-corrected chi connectivity index (χ1v) is 8.49. The highest BCUT2D eigenvalue weighted by Crippen LogP contribution is 2.20. The summed E-state index contributed by atoms with van der Waals surface area (Å²) in [5, 5.41) is 4.15. The first-order chi connectivity index (χ1) is 11.7. The largest absolute Gasteiger partial charge is 0.497 e. The number of likely N-dealkylation sites (tertiary alicyclic amines) is 1. The smallest absolute Gasteiger partial charge is 0.253 e. The number of halogens is 1. The van der Waals surface area contributed by atoms with Gasteiger partial charge in [-0.15, -0.1) is 0 Å². The van der Waals surface area contributed by atoms with E-state index in [9.17, 15) is 4.79 Å². The second kappa shape index (κ2) is 7.58. The first-order valence-electron chi connectivity index (χ1n) is 8.11. The molecule has 4 nitrogen and oxygen atoms in total. The third-order valence-electron chi connectivity index (χ3n) is 4.26. The Morgan fingerprint density at radius 1 is 1.17 bits per heavy atom. The van der Waals surface area contributed by atoms with Gasteiger partial charge in [0.25, 0.3) is 5.91 Å². The molecular formula is C19H21ClN2O2. The molecular weight excluding hydrogens is 324 g/mol. The molecule has 2 aromatic carbocycles. The van der Waals surface area contributed by atoms with E-state index in [4.69, 9.17) is 16.3 Å². The molecule has 1 saturated heterocycles. The summed E-state index contributed by atoms with van der Waals surface area (Å²) >= 11 is 5.89. The predicted molar refractivity (Wildman–Crippen MR) is 97.0 cm³/mol. The molecule has 1 amide bonds. The minimum atomic E-state index is 0.0629. The number of carbonyl (C=O) groups is 1. The zero-order valence-electron chi connectivity index (χ0n) is 13.7. The molecule has 24 heavy (non-hydrogen) atoms. The van der Waals surface area contributed by atoms with Crippen LogP contribution in [0.15, 0.2) is 48.5 Å². The lowest BCUT2D eigenvalue weighted by atomic mass is 10.0. The van der Waals surface area contributed by atoms with Crippen molar-refractivity contribution in [1.29, 1.82) is 0 Å². The van der Waals surface area contributed by atoms with Crippen LogP contribution in [-0.2, 0) is 0 Å². The number of methoxy groups -OCH3 is 1. The van der Waals surface area contributed by atoms with Crippen molar-refractivity contribution in [3.05, 3.63) is 59.1 Å². The van der Waals surface area contributed by atoms with E-state index >= 15 is 0 Å². The Hall–Kier alpha value is -2.20. The number of benzene rings is 2. The molecule has 0 spiro atoms. The average molecular weight is 345 g/mol. The number of carbonyl (C=O) groups excluding carboxylic acids is 1. The van der Waals surface area contributed by atoms with Crippen LogP contribution < -0.4 is 10.1 Å². The Morgan fingerprint density at radius 2 is 1.88 bits per heavy atom. The summed E-state index contributed by atoms with van der Waals surface area (Å²) in [7, 11) is 1.66. The van der Waals surface area contributed by atoms with Crippen LogP contribution in [0.4, 0.5) is 5.69 Å². The summed E-state index contributed by atoms with van der Waals surface area (Å²) in [4.78, 5) is 14.5. The lowest BCUT2D eigenvalue weighted by molar-refractivity contribution is 0.0715. The van der Waals surface area contributed by atoms with Crippen molar-refractivity contribution in [2.75, 3.05) is 25.5 Å². The van der Waals surface area contributed by atoms with E-state index in [1.54, 1.807) is 31.4 Å². The lowest BCUT2D eigenvalue weighted by Gasteiger charge is -2.33. The number of piperidine rings is 1. The third kappa shape index (κ3) is 4.01. The Balaban J connectivity index is 1.63. The number of anilines is 1. The summed E-state index contributed by atoms with van der Waals surface area (Å²) in [5.74, 6) is 0.900. The van der Waals surface area contributed by atoms with Crippen LogP contribution in [-0.4, -0.2) is 37.0 Å². The van der Waals surface area contributed by atoms with Crippen molar-refractivity contribution >= 4 is 23.2 Å². The molecule has 1 aliphatic rings. The number of nitrogens with zero attached hydrogens (tertiary/aromatic N) is 1. The van der Waals surface area contributed by atoms with Gasteiger partial charge in [0.15, 0.2) is 0 Å².